The van der Waals surface area contributed by atoms with E-state index in [2.05, 4.69) is 41.9 Å². The Hall–Kier alpha value is -2.52. The molecule has 0 spiro atoms. The molecule has 9 heteroatoms. The minimum absolute atomic E-state index is 0.00390. The molecule has 29 heavy (non-hydrogen) atoms. The highest BCUT2D eigenvalue weighted by Crippen LogP contribution is 2.25. The first kappa shape index (κ1) is 21.2. The summed E-state index contributed by atoms with van der Waals surface area (Å²) in [5.41, 5.74) is 6.22. The van der Waals surface area contributed by atoms with Gasteiger partial charge >= 0.3 is 0 Å². The Balaban J connectivity index is 2.00. The normalized spacial score (nSPS) is 11.5. The van der Waals surface area contributed by atoms with Crippen molar-refractivity contribution >= 4 is 54.9 Å². The molecular weight excluding hydrogens is 504 g/mol. The van der Waals surface area contributed by atoms with Gasteiger partial charge in [0, 0.05) is 10.4 Å². The molecule has 0 aliphatic rings. The number of benzene rings is 2. The second-order valence-corrected chi connectivity index (χ2v) is 8.36. The van der Waals surface area contributed by atoms with Gasteiger partial charge in [-0.15, -0.1) is 0 Å². The number of amides is 1. The van der Waals surface area contributed by atoms with Crippen molar-refractivity contribution in [1.82, 2.24) is 9.66 Å². The molecule has 0 saturated carbocycles. The van der Waals surface area contributed by atoms with Gasteiger partial charge in [0.1, 0.15) is 11.6 Å². The Labute approximate surface area is 183 Å². The first-order chi connectivity index (χ1) is 13.8. The Kier molecular flexibility index (Phi) is 6.49. The highest BCUT2D eigenvalue weighted by Gasteiger charge is 2.14. The number of hydrogen-bond donors (Lipinski definition) is 1. The number of aromatic nitrogens is 2. The van der Waals surface area contributed by atoms with Crippen LogP contribution >= 0.6 is 31.9 Å². The van der Waals surface area contributed by atoms with E-state index in [9.17, 15) is 9.59 Å². The van der Waals surface area contributed by atoms with Crippen molar-refractivity contribution in [3.63, 3.8) is 0 Å². The minimum Gasteiger partial charge on any atom is -0.483 e. The van der Waals surface area contributed by atoms with E-state index in [1.165, 1.54) is 4.68 Å². The number of nitrogens with two attached hydrogens (primary N) is 1. The van der Waals surface area contributed by atoms with Gasteiger partial charge in [0.25, 0.3) is 11.5 Å². The van der Waals surface area contributed by atoms with Gasteiger partial charge in [-0.3, -0.25) is 9.59 Å². The fraction of sp³-hybridized carbons (Fsp3) is 0.200. The standard InChI is InChI=1S/C20H18Br2N4O3/c1-11(2)19-25-16-5-4-13(21)8-14(16)20(28)26(19)24-9-12-3-6-17(15(22)7-12)29-10-18(23)27/h3-9,11H,10H2,1-2H3,(H2,23,27). The number of carbonyl (C=O) groups excluding carboxylic acids is 1. The molecule has 0 fully saturated rings. The zero-order valence-electron chi connectivity index (χ0n) is 15.7. The van der Waals surface area contributed by atoms with Crippen LogP contribution in [-0.2, 0) is 4.79 Å². The predicted octanol–water partition coefficient (Wildman–Crippen LogP) is 3.79. The highest BCUT2D eigenvalue weighted by atomic mass is 79.9. The lowest BCUT2D eigenvalue weighted by Crippen LogP contribution is -2.23. The van der Waals surface area contributed by atoms with Crippen molar-refractivity contribution in [1.29, 1.82) is 0 Å². The summed E-state index contributed by atoms with van der Waals surface area (Å²) in [5, 5.41) is 4.87. The van der Waals surface area contributed by atoms with E-state index in [1.54, 1.807) is 30.5 Å². The Morgan fingerprint density at radius 1 is 1.28 bits per heavy atom. The van der Waals surface area contributed by atoms with Crippen molar-refractivity contribution in [2.75, 3.05) is 6.61 Å². The number of halogens is 2. The average molecular weight is 522 g/mol. The van der Waals surface area contributed by atoms with Crippen molar-refractivity contribution < 1.29 is 9.53 Å². The molecule has 1 aromatic heterocycles. The molecule has 0 saturated heterocycles. The molecule has 0 atom stereocenters. The van der Waals surface area contributed by atoms with Crippen LogP contribution in [0.15, 0.2) is 55.2 Å². The predicted molar refractivity (Wildman–Crippen MR) is 120 cm³/mol. The maximum absolute atomic E-state index is 13.0. The Bertz CT molecular complexity index is 1170. The summed E-state index contributed by atoms with van der Waals surface area (Å²) in [7, 11) is 0. The van der Waals surface area contributed by atoms with Crippen LogP contribution in [-0.4, -0.2) is 28.4 Å². The number of hydrogen-bond acceptors (Lipinski definition) is 5. The molecule has 1 amide bonds. The van der Waals surface area contributed by atoms with E-state index in [4.69, 9.17) is 10.5 Å². The lowest BCUT2D eigenvalue weighted by atomic mass is 10.2. The smallest absolute Gasteiger partial charge is 0.282 e. The van der Waals surface area contributed by atoms with E-state index in [-0.39, 0.29) is 18.1 Å². The zero-order chi connectivity index (χ0) is 21.1. The Morgan fingerprint density at radius 2 is 2.03 bits per heavy atom. The van der Waals surface area contributed by atoms with Crippen LogP contribution in [0.2, 0.25) is 0 Å². The van der Waals surface area contributed by atoms with Gasteiger partial charge in [-0.1, -0.05) is 29.8 Å². The number of nitrogens with zero attached hydrogens (tertiary/aromatic N) is 3. The molecule has 0 radical (unpaired) electrons. The van der Waals surface area contributed by atoms with Crippen LogP contribution in [0.3, 0.4) is 0 Å². The van der Waals surface area contributed by atoms with E-state index < -0.39 is 5.91 Å². The van der Waals surface area contributed by atoms with Gasteiger partial charge in [0.2, 0.25) is 0 Å². The van der Waals surface area contributed by atoms with Crippen molar-refractivity contribution in [2.24, 2.45) is 10.8 Å². The molecule has 3 rings (SSSR count). The quantitative estimate of drug-likeness (QED) is 0.499. The van der Waals surface area contributed by atoms with Gasteiger partial charge < -0.3 is 10.5 Å². The minimum atomic E-state index is -0.557. The molecule has 2 aromatic carbocycles. The van der Waals surface area contributed by atoms with Crippen LogP contribution in [0.25, 0.3) is 10.9 Å². The SMILES string of the molecule is CC(C)c1nc2ccc(Br)cc2c(=O)n1N=Cc1ccc(OCC(N)=O)c(Br)c1. The van der Waals surface area contributed by atoms with Crippen molar-refractivity contribution in [3.8, 4) is 5.75 Å². The summed E-state index contributed by atoms with van der Waals surface area (Å²) in [6, 6.07) is 10.6. The second kappa shape index (κ2) is 8.87. The summed E-state index contributed by atoms with van der Waals surface area (Å²) in [6.45, 7) is 3.71. The maximum Gasteiger partial charge on any atom is 0.282 e. The second-order valence-electron chi connectivity index (χ2n) is 6.59. The molecule has 150 valence electrons. The molecule has 1 heterocycles. The van der Waals surface area contributed by atoms with E-state index >= 15 is 0 Å². The molecule has 0 aliphatic heterocycles. The van der Waals surface area contributed by atoms with E-state index in [0.29, 0.717) is 26.9 Å². The lowest BCUT2D eigenvalue weighted by molar-refractivity contribution is -0.119. The molecule has 3 aromatic rings. The fourth-order valence-corrected chi connectivity index (χ4v) is 3.51. The van der Waals surface area contributed by atoms with Gasteiger partial charge in [0.15, 0.2) is 6.61 Å². The van der Waals surface area contributed by atoms with Crippen LogP contribution in [0.4, 0.5) is 0 Å². The van der Waals surface area contributed by atoms with Crippen LogP contribution in [0, 0.1) is 0 Å². The molecular formula is C20H18Br2N4O3. The zero-order valence-corrected chi connectivity index (χ0v) is 18.9. The summed E-state index contributed by atoms with van der Waals surface area (Å²) in [6.07, 6.45) is 1.57. The third-order valence-electron chi connectivity index (χ3n) is 4.00. The first-order valence-corrected chi connectivity index (χ1v) is 10.3. The van der Waals surface area contributed by atoms with Gasteiger partial charge in [-0.25, -0.2) is 4.98 Å². The Morgan fingerprint density at radius 3 is 2.69 bits per heavy atom. The number of rotatable bonds is 6. The monoisotopic (exact) mass is 520 g/mol. The summed E-state index contributed by atoms with van der Waals surface area (Å²) in [5.74, 6) is 0.502. The topological polar surface area (TPSA) is 99.6 Å². The van der Waals surface area contributed by atoms with Crippen molar-refractivity contribution in [3.05, 3.63) is 67.1 Å². The molecule has 0 aliphatic carbocycles. The summed E-state index contributed by atoms with van der Waals surface area (Å²) in [4.78, 5) is 28.5. The van der Waals surface area contributed by atoms with Gasteiger partial charge in [-0.05, 0) is 57.9 Å². The number of primary amides is 1. The van der Waals surface area contributed by atoms with Gasteiger partial charge in [-0.2, -0.15) is 9.78 Å². The average Bonchev–Trinajstić information content (AvgIpc) is 2.66. The lowest BCUT2D eigenvalue weighted by Gasteiger charge is -2.12. The fourth-order valence-electron chi connectivity index (χ4n) is 2.64. The third kappa shape index (κ3) is 4.91. The summed E-state index contributed by atoms with van der Waals surface area (Å²) >= 11 is 6.78. The number of fused-ring (bicyclic) bond motifs is 1. The van der Waals surface area contributed by atoms with Crippen LogP contribution in [0.1, 0.15) is 31.2 Å². The number of carbonyl (C=O) groups is 1. The van der Waals surface area contributed by atoms with Crippen LogP contribution < -0.4 is 16.0 Å². The summed E-state index contributed by atoms with van der Waals surface area (Å²) < 4.78 is 8.07. The number of ether oxygens (including phenoxy) is 1. The van der Waals surface area contributed by atoms with E-state index in [1.807, 2.05) is 26.0 Å². The van der Waals surface area contributed by atoms with Gasteiger partial charge in [0.05, 0.1) is 21.6 Å². The van der Waals surface area contributed by atoms with E-state index in [0.717, 1.165) is 10.0 Å². The molecule has 2 N–H and O–H groups in total. The van der Waals surface area contributed by atoms with Crippen molar-refractivity contribution in [2.45, 2.75) is 19.8 Å². The maximum atomic E-state index is 13.0. The third-order valence-corrected chi connectivity index (χ3v) is 5.11. The molecule has 0 unspecified atom stereocenters. The highest BCUT2D eigenvalue weighted by molar-refractivity contribution is 9.10. The van der Waals surface area contributed by atoms with Crippen LogP contribution in [0.5, 0.6) is 5.75 Å². The first-order valence-electron chi connectivity index (χ1n) is 8.73. The largest absolute Gasteiger partial charge is 0.483 e. The molecule has 0 bridgehead atoms. The molecule has 7 nitrogen and oxygen atoms in total.